The van der Waals surface area contributed by atoms with E-state index in [0.29, 0.717) is 13.1 Å². The Morgan fingerprint density at radius 3 is 2.62 bits per heavy atom. The Labute approximate surface area is 172 Å². The van der Waals surface area contributed by atoms with E-state index in [1.165, 1.54) is 22.9 Å². The van der Waals surface area contributed by atoms with Crippen LogP contribution in [0.1, 0.15) is 25.3 Å². The van der Waals surface area contributed by atoms with Gasteiger partial charge < -0.3 is 5.32 Å². The normalized spacial score (nSPS) is 16.2. The fourth-order valence-corrected chi connectivity index (χ4v) is 4.88. The maximum absolute atomic E-state index is 11.8. The molecule has 1 aliphatic heterocycles. The SMILES string of the molecule is CCc1cccc(-c2cc(NC3CCN(S(C)(=O)=O)CC3)c3cnccc3c2)c1. The molecule has 1 saturated heterocycles. The predicted molar refractivity (Wildman–Crippen MR) is 120 cm³/mol. The Morgan fingerprint density at radius 1 is 1.10 bits per heavy atom. The first-order chi connectivity index (χ1) is 13.9. The summed E-state index contributed by atoms with van der Waals surface area (Å²) in [4.78, 5) is 4.31. The monoisotopic (exact) mass is 409 g/mol. The highest BCUT2D eigenvalue weighted by molar-refractivity contribution is 7.88. The van der Waals surface area contributed by atoms with E-state index in [0.717, 1.165) is 35.7 Å². The minimum Gasteiger partial charge on any atom is -0.382 e. The van der Waals surface area contributed by atoms with E-state index in [4.69, 9.17) is 0 Å². The summed E-state index contributed by atoms with van der Waals surface area (Å²) < 4.78 is 25.1. The van der Waals surface area contributed by atoms with E-state index in [2.05, 4.69) is 53.6 Å². The van der Waals surface area contributed by atoms with Crippen molar-refractivity contribution in [2.75, 3.05) is 24.7 Å². The van der Waals surface area contributed by atoms with E-state index < -0.39 is 10.0 Å². The van der Waals surface area contributed by atoms with Crippen molar-refractivity contribution in [3.63, 3.8) is 0 Å². The van der Waals surface area contributed by atoms with Crippen LogP contribution in [0.25, 0.3) is 21.9 Å². The number of pyridine rings is 1. The number of piperidine rings is 1. The van der Waals surface area contributed by atoms with Crippen molar-refractivity contribution >= 4 is 26.5 Å². The fourth-order valence-electron chi connectivity index (χ4n) is 4.01. The summed E-state index contributed by atoms with van der Waals surface area (Å²) in [5.74, 6) is 0. The lowest BCUT2D eigenvalue weighted by atomic mass is 9.97. The summed E-state index contributed by atoms with van der Waals surface area (Å²) in [7, 11) is -3.11. The molecular formula is C23H27N3O2S. The van der Waals surface area contributed by atoms with Gasteiger partial charge in [-0.25, -0.2) is 12.7 Å². The van der Waals surface area contributed by atoms with Crippen LogP contribution in [0.15, 0.2) is 54.9 Å². The predicted octanol–water partition coefficient (Wildman–Crippen LogP) is 4.30. The standard InChI is InChI=1S/C23H27N3O2S/c1-3-17-5-4-6-18(13-17)20-14-19-7-10-24-16-22(19)23(15-20)25-21-8-11-26(12-9-21)29(2,27)28/h4-7,10,13-16,21,25H,3,8-9,11-12H2,1-2H3. The smallest absolute Gasteiger partial charge is 0.211 e. The van der Waals surface area contributed by atoms with Crippen LogP contribution in [0.2, 0.25) is 0 Å². The molecule has 0 atom stereocenters. The van der Waals surface area contributed by atoms with Crippen molar-refractivity contribution in [2.45, 2.75) is 32.2 Å². The largest absolute Gasteiger partial charge is 0.382 e. The zero-order chi connectivity index (χ0) is 20.4. The maximum atomic E-state index is 11.8. The first-order valence-corrected chi connectivity index (χ1v) is 12.0. The Kier molecular flexibility index (Phi) is 5.56. The van der Waals surface area contributed by atoms with Crippen LogP contribution in [-0.4, -0.2) is 43.1 Å². The molecule has 2 aromatic carbocycles. The number of anilines is 1. The molecule has 0 unspecified atom stereocenters. The molecule has 0 aliphatic carbocycles. The van der Waals surface area contributed by atoms with Crippen LogP contribution < -0.4 is 5.32 Å². The van der Waals surface area contributed by atoms with Gasteiger partial charge in [-0.05, 0) is 59.5 Å². The third-order valence-electron chi connectivity index (χ3n) is 5.71. The molecule has 5 nitrogen and oxygen atoms in total. The zero-order valence-corrected chi connectivity index (χ0v) is 17.7. The highest BCUT2D eigenvalue weighted by atomic mass is 32.2. The lowest BCUT2D eigenvalue weighted by Gasteiger charge is -2.31. The number of nitrogens with one attached hydrogen (secondary N) is 1. The van der Waals surface area contributed by atoms with Gasteiger partial charge in [-0.3, -0.25) is 4.98 Å². The van der Waals surface area contributed by atoms with E-state index >= 15 is 0 Å². The van der Waals surface area contributed by atoms with E-state index in [9.17, 15) is 8.42 Å². The summed E-state index contributed by atoms with van der Waals surface area (Å²) >= 11 is 0. The molecule has 1 aromatic heterocycles. The van der Waals surface area contributed by atoms with Crippen molar-refractivity contribution < 1.29 is 8.42 Å². The molecule has 1 N–H and O–H groups in total. The maximum Gasteiger partial charge on any atom is 0.211 e. The molecule has 4 rings (SSSR count). The van der Waals surface area contributed by atoms with Gasteiger partial charge in [0.1, 0.15) is 0 Å². The summed E-state index contributed by atoms with van der Waals surface area (Å²) in [6.45, 7) is 3.29. The summed E-state index contributed by atoms with van der Waals surface area (Å²) in [6.07, 6.45) is 7.61. The lowest BCUT2D eigenvalue weighted by Crippen LogP contribution is -2.41. The topological polar surface area (TPSA) is 62.3 Å². The molecule has 1 fully saturated rings. The minimum atomic E-state index is -3.11. The highest BCUT2D eigenvalue weighted by Crippen LogP contribution is 2.32. The molecule has 0 bridgehead atoms. The first-order valence-electron chi connectivity index (χ1n) is 10.1. The Hall–Kier alpha value is -2.44. The van der Waals surface area contributed by atoms with Crippen LogP contribution in [0.4, 0.5) is 5.69 Å². The van der Waals surface area contributed by atoms with Crippen LogP contribution in [0.5, 0.6) is 0 Å². The lowest BCUT2D eigenvalue weighted by molar-refractivity contribution is 0.332. The highest BCUT2D eigenvalue weighted by Gasteiger charge is 2.25. The van der Waals surface area contributed by atoms with Gasteiger partial charge in [0.2, 0.25) is 10.0 Å². The Morgan fingerprint density at radius 2 is 1.90 bits per heavy atom. The van der Waals surface area contributed by atoms with Crippen molar-refractivity contribution in [1.82, 2.24) is 9.29 Å². The number of hydrogen-bond donors (Lipinski definition) is 1. The molecule has 29 heavy (non-hydrogen) atoms. The van der Waals surface area contributed by atoms with Gasteiger partial charge >= 0.3 is 0 Å². The van der Waals surface area contributed by atoms with E-state index in [-0.39, 0.29) is 6.04 Å². The quantitative estimate of drug-likeness (QED) is 0.682. The fraction of sp³-hybridized carbons (Fsp3) is 0.348. The van der Waals surface area contributed by atoms with Gasteiger partial charge in [0, 0.05) is 42.6 Å². The first kappa shape index (κ1) is 19.9. The van der Waals surface area contributed by atoms with Crippen LogP contribution in [0.3, 0.4) is 0 Å². The van der Waals surface area contributed by atoms with Crippen LogP contribution in [0, 0.1) is 0 Å². The molecule has 0 saturated carbocycles. The van der Waals surface area contributed by atoms with E-state index in [1.54, 1.807) is 4.31 Å². The number of rotatable bonds is 5. The summed E-state index contributed by atoms with van der Waals surface area (Å²) in [5, 5.41) is 5.91. The molecule has 6 heteroatoms. The van der Waals surface area contributed by atoms with Crippen LogP contribution >= 0.6 is 0 Å². The molecule has 0 radical (unpaired) electrons. The number of fused-ring (bicyclic) bond motifs is 1. The minimum absolute atomic E-state index is 0.244. The number of aryl methyl sites for hydroxylation is 1. The molecule has 2 heterocycles. The van der Waals surface area contributed by atoms with Crippen molar-refractivity contribution in [2.24, 2.45) is 0 Å². The molecule has 3 aromatic rings. The summed E-state index contributed by atoms with van der Waals surface area (Å²) in [5.41, 5.74) is 4.76. The number of nitrogens with zero attached hydrogens (tertiary/aromatic N) is 2. The average Bonchev–Trinajstić information content (AvgIpc) is 2.73. The number of sulfonamides is 1. The van der Waals surface area contributed by atoms with Gasteiger partial charge in [0.25, 0.3) is 0 Å². The average molecular weight is 410 g/mol. The molecule has 0 amide bonds. The Balaban J connectivity index is 1.65. The number of aromatic nitrogens is 1. The zero-order valence-electron chi connectivity index (χ0n) is 16.9. The van der Waals surface area contributed by atoms with Gasteiger partial charge in [-0.1, -0.05) is 31.2 Å². The van der Waals surface area contributed by atoms with Gasteiger partial charge in [-0.2, -0.15) is 0 Å². The Bertz CT molecular complexity index is 1120. The number of hydrogen-bond acceptors (Lipinski definition) is 4. The van der Waals surface area contributed by atoms with E-state index in [1.807, 2.05) is 18.5 Å². The molecule has 152 valence electrons. The molecular weight excluding hydrogens is 382 g/mol. The van der Waals surface area contributed by atoms with Gasteiger partial charge in [0.05, 0.1) is 6.26 Å². The second kappa shape index (κ2) is 8.13. The summed E-state index contributed by atoms with van der Waals surface area (Å²) in [6, 6.07) is 15.4. The van der Waals surface area contributed by atoms with Crippen molar-refractivity contribution in [3.05, 3.63) is 60.4 Å². The van der Waals surface area contributed by atoms with Gasteiger partial charge in [0.15, 0.2) is 0 Å². The van der Waals surface area contributed by atoms with Crippen molar-refractivity contribution in [3.8, 4) is 11.1 Å². The molecule has 0 spiro atoms. The van der Waals surface area contributed by atoms with Crippen LogP contribution in [-0.2, 0) is 16.4 Å². The second-order valence-corrected chi connectivity index (χ2v) is 9.74. The second-order valence-electron chi connectivity index (χ2n) is 7.76. The van der Waals surface area contributed by atoms with Gasteiger partial charge in [-0.15, -0.1) is 0 Å². The van der Waals surface area contributed by atoms with Crippen molar-refractivity contribution in [1.29, 1.82) is 0 Å². The third-order valence-corrected chi connectivity index (χ3v) is 7.01. The number of benzene rings is 2. The third kappa shape index (κ3) is 4.43. The molecule has 1 aliphatic rings.